The van der Waals surface area contributed by atoms with Gasteiger partial charge in [0.15, 0.2) is 0 Å². The fourth-order valence-corrected chi connectivity index (χ4v) is 1.43. The number of nitro groups is 1. The first-order chi connectivity index (χ1) is 8.70. The first-order valence-electron chi connectivity index (χ1n) is 5.88. The summed E-state index contributed by atoms with van der Waals surface area (Å²) in [5.41, 5.74) is 0.428. The van der Waals surface area contributed by atoms with E-state index in [4.69, 9.17) is 4.74 Å². The van der Waals surface area contributed by atoms with E-state index >= 15 is 0 Å². The van der Waals surface area contributed by atoms with E-state index in [2.05, 4.69) is 5.32 Å². The molecule has 0 saturated carbocycles. The van der Waals surface area contributed by atoms with Gasteiger partial charge in [-0.1, -0.05) is 6.07 Å². The molecule has 0 saturated heterocycles. The summed E-state index contributed by atoms with van der Waals surface area (Å²) in [6.45, 7) is 7.04. The Morgan fingerprint density at radius 1 is 1.42 bits per heavy atom. The number of hydrogen-bond acceptors (Lipinski definition) is 4. The van der Waals surface area contributed by atoms with Crippen LogP contribution in [0.1, 0.15) is 26.3 Å². The Kier molecular flexibility index (Phi) is 4.61. The summed E-state index contributed by atoms with van der Waals surface area (Å²) in [6, 6.07) is 4.55. The van der Waals surface area contributed by atoms with Gasteiger partial charge in [-0.3, -0.25) is 14.9 Å². The summed E-state index contributed by atoms with van der Waals surface area (Å²) < 4.78 is 5.33. The first-order valence-corrected chi connectivity index (χ1v) is 5.88. The van der Waals surface area contributed by atoms with Gasteiger partial charge in [0, 0.05) is 6.07 Å². The number of benzene rings is 1. The van der Waals surface area contributed by atoms with Crippen LogP contribution in [-0.4, -0.2) is 23.0 Å². The SMILES string of the molecule is Cc1c(NC(=O)COC(C)(C)C)cccc1[N+](=O)[O-]. The molecule has 1 aromatic carbocycles. The maximum absolute atomic E-state index is 11.7. The van der Waals surface area contributed by atoms with Gasteiger partial charge in [-0.15, -0.1) is 0 Å². The van der Waals surface area contributed by atoms with E-state index in [0.717, 1.165) is 0 Å². The zero-order chi connectivity index (χ0) is 14.6. The Morgan fingerprint density at radius 2 is 2.05 bits per heavy atom. The van der Waals surface area contributed by atoms with Gasteiger partial charge in [0.05, 0.1) is 21.8 Å². The number of anilines is 1. The lowest BCUT2D eigenvalue weighted by molar-refractivity contribution is -0.385. The Morgan fingerprint density at radius 3 is 2.58 bits per heavy atom. The fraction of sp³-hybridized carbons (Fsp3) is 0.462. The highest BCUT2D eigenvalue weighted by Crippen LogP contribution is 2.24. The second kappa shape index (κ2) is 5.79. The average Bonchev–Trinajstić information content (AvgIpc) is 2.28. The molecule has 0 aromatic heterocycles. The fourth-order valence-electron chi connectivity index (χ4n) is 1.43. The molecule has 0 aliphatic rings. The maximum atomic E-state index is 11.7. The quantitative estimate of drug-likeness (QED) is 0.671. The number of amides is 1. The standard InChI is InChI=1S/C13H18N2O4/c1-9-10(6-5-7-11(9)15(17)18)14-12(16)8-19-13(2,3)4/h5-7H,8H2,1-4H3,(H,14,16). The third-order valence-electron chi connectivity index (χ3n) is 2.41. The minimum atomic E-state index is -0.476. The number of nitro benzene ring substituents is 1. The molecule has 1 amide bonds. The summed E-state index contributed by atoms with van der Waals surface area (Å²) in [7, 11) is 0. The van der Waals surface area contributed by atoms with Gasteiger partial charge in [0.2, 0.25) is 5.91 Å². The van der Waals surface area contributed by atoms with Gasteiger partial charge in [0.25, 0.3) is 5.69 Å². The second-order valence-electron chi connectivity index (χ2n) is 5.16. The minimum Gasteiger partial charge on any atom is -0.366 e. The molecular formula is C13H18N2O4. The molecule has 6 heteroatoms. The lowest BCUT2D eigenvalue weighted by Crippen LogP contribution is -2.27. The molecule has 104 valence electrons. The van der Waals surface area contributed by atoms with Crippen molar-refractivity contribution in [2.45, 2.75) is 33.3 Å². The lowest BCUT2D eigenvalue weighted by atomic mass is 10.1. The van der Waals surface area contributed by atoms with Crippen molar-refractivity contribution in [3.63, 3.8) is 0 Å². The van der Waals surface area contributed by atoms with Gasteiger partial charge in [0.1, 0.15) is 6.61 Å². The van der Waals surface area contributed by atoms with Crippen LogP contribution in [0.4, 0.5) is 11.4 Å². The largest absolute Gasteiger partial charge is 0.366 e. The summed E-state index contributed by atoms with van der Waals surface area (Å²) in [6.07, 6.45) is 0. The monoisotopic (exact) mass is 266 g/mol. The smallest absolute Gasteiger partial charge is 0.274 e. The summed E-state index contributed by atoms with van der Waals surface area (Å²) >= 11 is 0. The van der Waals surface area contributed by atoms with E-state index in [0.29, 0.717) is 11.3 Å². The van der Waals surface area contributed by atoms with Crippen LogP contribution in [0, 0.1) is 17.0 Å². The van der Waals surface area contributed by atoms with Gasteiger partial charge in [-0.05, 0) is 33.8 Å². The van der Waals surface area contributed by atoms with Crippen molar-refractivity contribution in [2.24, 2.45) is 0 Å². The molecule has 19 heavy (non-hydrogen) atoms. The van der Waals surface area contributed by atoms with Crippen molar-refractivity contribution in [1.29, 1.82) is 0 Å². The maximum Gasteiger partial charge on any atom is 0.274 e. The molecule has 0 heterocycles. The molecule has 1 aromatic rings. The number of carbonyl (C=O) groups is 1. The molecule has 0 bridgehead atoms. The zero-order valence-corrected chi connectivity index (χ0v) is 11.5. The molecule has 0 atom stereocenters. The van der Waals surface area contributed by atoms with Gasteiger partial charge < -0.3 is 10.1 Å². The third-order valence-corrected chi connectivity index (χ3v) is 2.41. The minimum absolute atomic E-state index is 0.0189. The molecule has 6 nitrogen and oxygen atoms in total. The van der Waals surface area contributed by atoms with E-state index in [-0.39, 0.29) is 18.2 Å². The number of nitrogens with zero attached hydrogens (tertiary/aromatic N) is 1. The number of carbonyl (C=O) groups excluding carboxylic acids is 1. The van der Waals surface area contributed by atoms with Crippen molar-refractivity contribution in [3.8, 4) is 0 Å². The summed E-state index contributed by atoms with van der Waals surface area (Å²) in [4.78, 5) is 22.0. The van der Waals surface area contributed by atoms with Gasteiger partial charge >= 0.3 is 0 Å². The Hall–Kier alpha value is -1.95. The summed E-state index contributed by atoms with van der Waals surface area (Å²) in [5, 5.41) is 13.4. The Balaban J connectivity index is 2.75. The molecule has 1 rings (SSSR count). The molecule has 0 aliphatic heterocycles. The van der Waals surface area contributed by atoms with Crippen LogP contribution in [0.5, 0.6) is 0 Å². The first kappa shape index (κ1) is 15.1. The molecular weight excluding hydrogens is 248 g/mol. The number of ether oxygens (including phenoxy) is 1. The summed E-state index contributed by atoms with van der Waals surface area (Å²) in [5.74, 6) is -0.335. The van der Waals surface area contributed by atoms with Crippen molar-refractivity contribution >= 4 is 17.3 Å². The molecule has 0 spiro atoms. The van der Waals surface area contributed by atoms with E-state index in [9.17, 15) is 14.9 Å². The highest BCUT2D eigenvalue weighted by Gasteiger charge is 2.16. The normalized spacial score (nSPS) is 11.2. The van der Waals surface area contributed by atoms with Crippen LogP contribution in [-0.2, 0) is 9.53 Å². The van der Waals surface area contributed by atoms with E-state index in [1.807, 2.05) is 20.8 Å². The highest BCUT2D eigenvalue weighted by atomic mass is 16.6. The topological polar surface area (TPSA) is 81.5 Å². The molecule has 0 radical (unpaired) electrons. The number of nitrogens with one attached hydrogen (secondary N) is 1. The van der Waals surface area contributed by atoms with E-state index < -0.39 is 10.5 Å². The lowest BCUT2D eigenvalue weighted by Gasteiger charge is -2.19. The predicted octanol–water partition coefficient (Wildman–Crippen LogP) is 2.66. The van der Waals surface area contributed by atoms with Crippen LogP contribution < -0.4 is 5.32 Å². The van der Waals surface area contributed by atoms with Crippen molar-refractivity contribution in [3.05, 3.63) is 33.9 Å². The van der Waals surface area contributed by atoms with Crippen LogP contribution >= 0.6 is 0 Å². The molecule has 0 aliphatic carbocycles. The van der Waals surface area contributed by atoms with Gasteiger partial charge in [-0.25, -0.2) is 0 Å². The van der Waals surface area contributed by atoms with Gasteiger partial charge in [-0.2, -0.15) is 0 Å². The third kappa shape index (κ3) is 4.67. The zero-order valence-electron chi connectivity index (χ0n) is 11.5. The highest BCUT2D eigenvalue weighted by molar-refractivity contribution is 5.93. The number of rotatable bonds is 4. The predicted molar refractivity (Wildman–Crippen MR) is 72.2 cm³/mol. The van der Waals surface area contributed by atoms with Crippen LogP contribution in [0.3, 0.4) is 0 Å². The van der Waals surface area contributed by atoms with Crippen molar-refractivity contribution in [1.82, 2.24) is 0 Å². The Labute approximate surface area is 111 Å². The van der Waals surface area contributed by atoms with Crippen LogP contribution in [0.15, 0.2) is 18.2 Å². The average molecular weight is 266 g/mol. The van der Waals surface area contributed by atoms with Crippen molar-refractivity contribution in [2.75, 3.05) is 11.9 Å². The Bertz CT molecular complexity index is 492. The molecule has 0 fully saturated rings. The van der Waals surface area contributed by atoms with E-state index in [1.165, 1.54) is 12.1 Å². The van der Waals surface area contributed by atoms with Crippen LogP contribution in [0.25, 0.3) is 0 Å². The van der Waals surface area contributed by atoms with Crippen LogP contribution in [0.2, 0.25) is 0 Å². The van der Waals surface area contributed by atoms with Crippen molar-refractivity contribution < 1.29 is 14.5 Å². The number of hydrogen-bond donors (Lipinski definition) is 1. The molecule has 1 N–H and O–H groups in total. The van der Waals surface area contributed by atoms with E-state index in [1.54, 1.807) is 13.0 Å². The second-order valence-corrected chi connectivity index (χ2v) is 5.16. The molecule has 0 unspecified atom stereocenters.